The summed E-state index contributed by atoms with van der Waals surface area (Å²) in [6.07, 6.45) is 0.521. The molecule has 1 rings (SSSR count). The van der Waals surface area contributed by atoms with Crippen LogP contribution in [0.25, 0.3) is 0 Å². The largest absolute Gasteiger partial charge is 0.481 e. The number of benzene rings is 1. The maximum Gasteiger partial charge on any atom is 0.311 e. The maximum absolute atomic E-state index is 13.1. The van der Waals surface area contributed by atoms with Crippen LogP contribution in [0.2, 0.25) is 0 Å². The van der Waals surface area contributed by atoms with Crippen molar-refractivity contribution in [1.82, 2.24) is 4.90 Å². The number of hydrogen-bond donors (Lipinski definition) is 1. The summed E-state index contributed by atoms with van der Waals surface area (Å²) in [5.74, 6) is -1.74. The summed E-state index contributed by atoms with van der Waals surface area (Å²) < 4.78 is 13.1. The number of carboxylic acids is 1. The average Bonchev–Trinajstić information content (AvgIpc) is 2.22. The first-order valence-electron chi connectivity index (χ1n) is 5.55. The fourth-order valence-electron chi connectivity index (χ4n) is 1.70. The van der Waals surface area contributed by atoms with E-state index < -0.39 is 11.9 Å². The van der Waals surface area contributed by atoms with Crippen LogP contribution in [-0.2, 0) is 4.79 Å². The highest BCUT2D eigenvalue weighted by atomic mass is 19.1. The Kier molecular flexibility index (Phi) is 4.63. The Morgan fingerprint density at radius 2 is 2.12 bits per heavy atom. The first-order chi connectivity index (χ1) is 7.91. The van der Waals surface area contributed by atoms with Crippen molar-refractivity contribution in [1.29, 1.82) is 0 Å². The predicted octanol–water partition coefficient (Wildman–Crippen LogP) is 2.25. The summed E-state index contributed by atoms with van der Waals surface area (Å²) in [5.41, 5.74) is 1.15. The molecule has 0 aromatic heterocycles. The summed E-state index contributed by atoms with van der Waals surface area (Å²) >= 11 is 0. The predicted molar refractivity (Wildman–Crippen MR) is 64.7 cm³/mol. The quantitative estimate of drug-likeness (QED) is 0.856. The van der Waals surface area contributed by atoms with Gasteiger partial charge in [-0.1, -0.05) is 12.1 Å². The molecule has 0 amide bonds. The van der Waals surface area contributed by atoms with Crippen molar-refractivity contribution >= 4 is 5.97 Å². The summed E-state index contributed by atoms with van der Waals surface area (Å²) in [6, 6.07) is 4.50. The van der Waals surface area contributed by atoms with E-state index in [0.717, 1.165) is 0 Å². The third-order valence-corrected chi connectivity index (χ3v) is 2.75. The van der Waals surface area contributed by atoms with E-state index in [-0.39, 0.29) is 5.82 Å². The Balaban J connectivity index is 2.89. The van der Waals surface area contributed by atoms with Gasteiger partial charge in [0.1, 0.15) is 5.82 Å². The fourth-order valence-corrected chi connectivity index (χ4v) is 1.70. The van der Waals surface area contributed by atoms with Crippen molar-refractivity contribution in [2.45, 2.75) is 19.3 Å². The van der Waals surface area contributed by atoms with Gasteiger partial charge in [-0.3, -0.25) is 4.79 Å². The van der Waals surface area contributed by atoms with E-state index in [9.17, 15) is 14.3 Å². The minimum Gasteiger partial charge on any atom is -0.481 e. The van der Waals surface area contributed by atoms with E-state index in [2.05, 4.69) is 0 Å². The second kappa shape index (κ2) is 5.77. The molecule has 0 fully saturated rings. The van der Waals surface area contributed by atoms with Crippen molar-refractivity contribution in [2.75, 3.05) is 20.6 Å². The lowest BCUT2D eigenvalue weighted by molar-refractivity contribution is -0.139. The first kappa shape index (κ1) is 13.6. The van der Waals surface area contributed by atoms with Crippen molar-refractivity contribution in [3.05, 3.63) is 35.1 Å². The maximum atomic E-state index is 13.1. The monoisotopic (exact) mass is 239 g/mol. The number of aliphatic carboxylic acids is 1. The number of rotatable bonds is 5. The van der Waals surface area contributed by atoms with Crippen molar-refractivity contribution in [2.24, 2.45) is 0 Å². The molecule has 0 saturated heterocycles. The number of halogens is 1. The molecule has 0 aliphatic heterocycles. The lowest BCUT2D eigenvalue weighted by Crippen LogP contribution is -2.20. The van der Waals surface area contributed by atoms with Crippen LogP contribution < -0.4 is 0 Å². The van der Waals surface area contributed by atoms with Gasteiger partial charge in [-0.05, 0) is 51.2 Å². The smallest absolute Gasteiger partial charge is 0.311 e. The minimum atomic E-state index is -0.863. The van der Waals surface area contributed by atoms with Crippen molar-refractivity contribution in [3.8, 4) is 0 Å². The van der Waals surface area contributed by atoms with Gasteiger partial charge in [-0.25, -0.2) is 4.39 Å². The first-order valence-corrected chi connectivity index (χ1v) is 5.55. The molecule has 4 heteroatoms. The van der Waals surface area contributed by atoms with Crippen LogP contribution in [-0.4, -0.2) is 36.6 Å². The van der Waals surface area contributed by atoms with Crippen LogP contribution in [0.4, 0.5) is 4.39 Å². The molecule has 1 N–H and O–H groups in total. The fraction of sp³-hybridized carbons (Fsp3) is 0.462. The molecular formula is C13H18FNO2. The minimum absolute atomic E-state index is 0.300. The topological polar surface area (TPSA) is 40.5 Å². The molecule has 1 unspecified atom stereocenters. The van der Waals surface area contributed by atoms with Gasteiger partial charge < -0.3 is 10.0 Å². The molecule has 0 bridgehead atoms. The number of nitrogens with zero attached hydrogens (tertiary/aromatic N) is 1. The van der Waals surface area contributed by atoms with Crippen LogP contribution in [0.15, 0.2) is 18.2 Å². The number of carboxylic acid groups (broad SMARTS) is 1. The number of aryl methyl sites for hydroxylation is 1. The van der Waals surface area contributed by atoms with Gasteiger partial charge in [0.15, 0.2) is 0 Å². The Morgan fingerprint density at radius 1 is 1.47 bits per heavy atom. The molecule has 0 radical (unpaired) electrons. The van der Waals surface area contributed by atoms with Crippen molar-refractivity contribution in [3.63, 3.8) is 0 Å². The van der Waals surface area contributed by atoms with Crippen molar-refractivity contribution < 1.29 is 14.3 Å². The van der Waals surface area contributed by atoms with Gasteiger partial charge in [-0.15, -0.1) is 0 Å². The highest BCUT2D eigenvalue weighted by Crippen LogP contribution is 2.22. The lowest BCUT2D eigenvalue weighted by atomic mass is 9.94. The van der Waals surface area contributed by atoms with E-state index in [4.69, 9.17) is 0 Å². The summed E-state index contributed by atoms with van der Waals surface area (Å²) in [6.45, 7) is 2.33. The molecule has 17 heavy (non-hydrogen) atoms. The molecule has 0 aliphatic rings. The summed E-state index contributed by atoms with van der Waals surface area (Å²) in [7, 11) is 3.80. The van der Waals surface area contributed by atoms with E-state index in [1.807, 2.05) is 19.0 Å². The van der Waals surface area contributed by atoms with Gasteiger partial charge >= 0.3 is 5.97 Å². The van der Waals surface area contributed by atoms with Gasteiger partial charge in [0.2, 0.25) is 0 Å². The molecule has 0 spiro atoms. The molecule has 0 saturated carbocycles. The molecule has 3 nitrogen and oxygen atoms in total. The lowest BCUT2D eigenvalue weighted by Gasteiger charge is -2.16. The summed E-state index contributed by atoms with van der Waals surface area (Å²) in [4.78, 5) is 13.1. The zero-order valence-corrected chi connectivity index (χ0v) is 10.4. The second-order valence-electron chi connectivity index (χ2n) is 4.49. The molecule has 1 aromatic carbocycles. The molecule has 1 aromatic rings. The molecule has 1 atom stereocenters. The van der Waals surface area contributed by atoms with Crippen LogP contribution in [0.1, 0.15) is 23.5 Å². The zero-order valence-electron chi connectivity index (χ0n) is 10.4. The van der Waals surface area contributed by atoms with Gasteiger partial charge in [0.25, 0.3) is 0 Å². The Morgan fingerprint density at radius 3 is 2.59 bits per heavy atom. The van der Waals surface area contributed by atoms with E-state index >= 15 is 0 Å². The Hall–Kier alpha value is -1.42. The number of hydrogen-bond acceptors (Lipinski definition) is 2. The highest BCUT2D eigenvalue weighted by Gasteiger charge is 2.20. The van der Waals surface area contributed by atoms with Crippen LogP contribution in [0.5, 0.6) is 0 Å². The van der Waals surface area contributed by atoms with Crippen LogP contribution in [0, 0.1) is 12.7 Å². The van der Waals surface area contributed by atoms with Gasteiger partial charge in [0.05, 0.1) is 5.92 Å². The average molecular weight is 239 g/mol. The number of carbonyl (C=O) groups is 1. The molecule has 0 aliphatic carbocycles. The van der Waals surface area contributed by atoms with E-state index in [1.54, 1.807) is 19.1 Å². The SMILES string of the molecule is Cc1cc(C(CCN(C)C)C(=O)O)ccc1F. The summed E-state index contributed by atoms with van der Waals surface area (Å²) in [5, 5.41) is 9.19. The van der Waals surface area contributed by atoms with E-state index in [0.29, 0.717) is 24.1 Å². The normalized spacial score (nSPS) is 12.8. The van der Waals surface area contributed by atoms with E-state index in [1.165, 1.54) is 6.07 Å². The third kappa shape index (κ3) is 3.82. The van der Waals surface area contributed by atoms with Gasteiger partial charge in [-0.2, -0.15) is 0 Å². The Labute approximate surface area is 101 Å². The molecule has 94 valence electrons. The molecule has 0 heterocycles. The highest BCUT2D eigenvalue weighted by molar-refractivity contribution is 5.76. The third-order valence-electron chi connectivity index (χ3n) is 2.75. The Bertz CT molecular complexity index is 404. The van der Waals surface area contributed by atoms with Crippen LogP contribution in [0.3, 0.4) is 0 Å². The molecular weight excluding hydrogens is 221 g/mol. The van der Waals surface area contributed by atoms with Crippen LogP contribution >= 0.6 is 0 Å². The van der Waals surface area contributed by atoms with Gasteiger partial charge in [0, 0.05) is 0 Å². The standard InChI is InChI=1S/C13H18FNO2/c1-9-8-10(4-5-12(9)14)11(13(16)17)6-7-15(2)3/h4-5,8,11H,6-7H2,1-3H3,(H,16,17). The second-order valence-corrected chi connectivity index (χ2v) is 4.49. The zero-order chi connectivity index (χ0) is 13.0.